The van der Waals surface area contributed by atoms with Gasteiger partial charge in [0.1, 0.15) is 6.04 Å². The van der Waals surface area contributed by atoms with E-state index in [-0.39, 0.29) is 36.1 Å². The van der Waals surface area contributed by atoms with Gasteiger partial charge >= 0.3 is 6.18 Å². The fourth-order valence-corrected chi connectivity index (χ4v) is 3.93. The van der Waals surface area contributed by atoms with Crippen molar-refractivity contribution in [2.24, 2.45) is 0 Å². The summed E-state index contributed by atoms with van der Waals surface area (Å²) >= 11 is 0. The molecule has 2 aliphatic rings. The van der Waals surface area contributed by atoms with Crippen molar-refractivity contribution in [2.45, 2.75) is 37.6 Å². The number of nitrogens with one attached hydrogen (secondary N) is 2. The lowest BCUT2D eigenvalue weighted by molar-refractivity contribution is -0.155. The Kier molecular flexibility index (Phi) is 5.45. The van der Waals surface area contributed by atoms with Crippen LogP contribution in [0.3, 0.4) is 0 Å². The number of hydrogen-bond donors (Lipinski definition) is 2. The number of nitrogens with zero attached hydrogens (tertiary/aromatic N) is 1. The number of carbonyl (C=O) groups is 4. The molecule has 10 heteroatoms. The van der Waals surface area contributed by atoms with Crippen molar-refractivity contribution in [3.8, 4) is 0 Å². The maximum atomic E-state index is 13.5. The maximum Gasteiger partial charge on any atom is 0.412 e. The zero-order chi connectivity index (χ0) is 23.0. The molecule has 166 valence electrons. The molecule has 2 aromatic rings. The van der Waals surface area contributed by atoms with Crippen molar-refractivity contribution in [3.63, 3.8) is 0 Å². The lowest BCUT2D eigenvalue weighted by Gasteiger charge is -2.29. The Balaban J connectivity index is 1.54. The third-order valence-corrected chi connectivity index (χ3v) is 5.52. The van der Waals surface area contributed by atoms with Crippen molar-refractivity contribution in [2.75, 3.05) is 0 Å². The zero-order valence-electron chi connectivity index (χ0n) is 16.6. The van der Waals surface area contributed by atoms with E-state index in [0.29, 0.717) is 5.56 Å². The van der Waals surface area contributed by atoms with Crippen LogP contribution in [-0.4, -0.2) is 40.7 Å². The predicted molar refractivity (Wildman–Crippen MR) is 105 cm³/mol. The molecular formula is C22H18F3N3O4. The Morgan fingerprint density at radius 3 is 2.47 bits per heavy atom. The van der Waals surface area contributed by atoms with Gasteiger partial charge in [0.25, 0.3) is 11.8 Å². The molecule has 2 N–H and O–H groups in total. The number of alkyl halides is 3. The van der Waals surface area contributed by atoms with Crippen LogP contribution >= 0.6 is 0 Å². The second-order valence-electron chi connectivity index (χ2n) is 7.63. The molecule has 2 atom stereocenters. The number of imide groups is 1. The summed E-state index contributed by atoms with van der Waals surface area (Å²) in [4.78, 5) is 50.1. The van der Waals surface area contributed by atoms with E-state index in [9.17, 15) is 32.3 Å². The Labute approximate surface area is 180 Å². The Morgan fingerprint density at radius 1 is 1.09 bits per heavy atom. The van der Waals surface area contributed by atoms with Gasteiger partial charge in [-0.15, -0.1) is 0 Å². The molecule has 0 radical (unpaired) electrons. The van der Waals surface area contributed by atoms with Crippen LogP contribution in [0.4, 0.5) is 13.2 Å². The van der Waals surface area contributed by atoms with Crippen LogP contribution in [0.1, 0.15) is 50.7 Å². The van der Waals surface area contributed by atoms with Crippen molar-refractivity contribution >= 4 is 23.6 Å². The molecule has 7 nitrogen and oxygen atoms in total. The molecule has 2 aromatic carbocycles. The van der Waals surface area contributed by atoms with E-state index in [1.807, 2.05) is 5.32 Å². The Bertz CT molecular complexity index is 1100. The molecule has 4 rings (SSSR count). The molecule has 0 aromatic heterocycles. The lowest BCUT2D eigenvalue weighted by atomic mass is 10.0. The van der Waals surface area contributed by atoms with Crippen LogP contribution in [0, 0.1) is 0 Å². The minimum Gasteiger partial charge on any atom is -0.337 e. The van der Waals surface area contributed by atoms with E-state index >= 15 is 0 Å². The second-order valence-corrected chi connectivity index (χ2v) is 7.63. The number of rotatable bonds is 4. The number of benzene rings is 2. The molecule has 0 aliphatic carbocycles. The fourth-order valence-electron chi connectivity index (χ4n) is 3.93. The first-order valence-corrected chi connectivity index (χ1v) is 9.85. The smallest absolute Gasteiger partial charge is 0.337 e. The standard InChI is InChI=1S/C22H18F3N3O4/c23-22(24,25)18(12-4-2-1-3-5-12)27-19(30)13-6-7-15-14(10-13)11-28(21(15)32)16-8-9-17(29)26-20(16)31/h1-7,10,16,18H,8-9,11H2,(H,27,30)(H,26,29,31)/t16-,18-/m1/s1. The summed E-state index contributed by atoms with van der Waals surface area (Å²) in [5.74, 6) is -2.35. The Hall–Kier alpha value is -3.69. The molecule has 0 saturated carbocycles. The third kappa shape index (κ3) is 4.08. The van der Waals surface area contributed by atoms with Gasteiger partial charge in [-0.05, 0) is 35.7 Å². The number of halogens is 3. The monoisotopic (exact) mass is 445 g/mol. The number of hydrogen-bond acceptors (Lipinski definition) is 4. The summed E-state index contributed by atoms with van der Waals surface area (Å²) in [5, 5.41) is 4.21. The third-order valence-electron chi connectivity index (χ3n) is 5.52. The molecule has 32 heavy (non-hydrogen) atoms. The van der Waals surface area contributed by atoms with Crippen LogP contribution in [0.15, 0.2) is 48.5 Å². The molecular weight excluding hydrogens is 427 g/mol. The summed E-state index contributed by atoms with van der Waals surface area (Å²) in [7, 11) is 0. The highest BCUT2D eigenvalue weighted by Crippen LogP contribution is 2.33. The van der Waals surface area contributed by atoms with E-state index in [2.05, 4.69) is 5.32 Å². The predicted octanol–water partition coefficient (Wildman–Crippen LogP) is 2.48. The van der Waals surface area contributed by atoms with E-state index in [1.165, 1.54) is 47.4 Å². The summed E-state index contributed by atoms with van der Waals surface area (Å²) in [6.07, 6.45) is -4.42. The highest BCUT2D eigenvalue weighted by atomic mass is 19.4. The molecule has 2 aliphatic heterocycles. The molecule has 1 fully saturated rings. The molecule has 0 unspecified atom stereocenters. The summed E-state index contributed by atoms with van der Waals surface area (Å²) < 4.78 is 40.6. The van der Waals surface area contributed by atoms with Crippen LogP contribution in [0.5, 0.6) is 0 Å². The van der Waals surface area contributed by atoms with Gasteiger partial charge in [-0.1, -0.05) is 30.3 Å². The van der Waals surface area contributed by atoms with Gasteiger partial charge in [0.05, 0.1) is 0 Å². The van der Waals surface area contributed by atoms with Crippen LogP contribution < -0.4 is 10.6 Å². The number of carbonyl (C=O) groups excluding carboxylic acids is 4. The zero-order valence-corrected chi connectivity index (χ0v) is 16.6. The first kappa shape index (κ1) is 21.5. The van der Waals surface area contributed by atoms with E-state index in [0.717, 1.165) is 0 Å². The molecule has 1 saturated heterocycles. The summed E-state index contributed by atoms with van der Waals surface area (Å²) in [5.41, 5.74) is 0.554. The molecule has 2 heterocycles. The van der Waals surface area contributed by atoms with E-state index in [1.54, 1.807) is 6.07 Å². The highest BCUT2D eigenvalue weighted by Gasteiger charge is 2.42. The average molecular weight is 445 g/mol. The van der Waals surface area contributed by atoms with Gasteiger partial charge in [0.2, 0.25) is 11.8 Å². The largest absolute Gasteiger partial charge is 0.412 e. The fraction of sp³-hybridized carbons (Fsp3) is 0.273. The van der Waals surface area contributed by atoms with Gasteiger partial charge in [-0.2, -0.15) is 13.2 Å². The van der Waals surface area contributed by atoms with Gasteiger partial charge in [0.15, 0.2) is 6.04 Å². The normalized spacial score (nSPS) is 19.4. The maximum absolute atomic E-state index is 13.5. The van der Waals surface area contributed by atoms with E-state index < -0.39 is 41.9 Å². The van der Waals surface area contributed by atoms with Gasteiger partial charge in [-0.3, -0.25) is 24.5 Å². The van der Waals surface area contributed by atoms with Crippen LogP contribution in [0.25, 0.3) is 0 Å². The number of fused-ring (bicyclic) bond motifs is 1. The number of piperidine rings is 1. The lowest BCUT2D eigenvalue weighted by Crippen LogP contribution is -2.52. The van der Waals surface area contributed by atoms with Crippen molar-refractivity contribution in [1.29, 1.82) is 0 Å². The van der Waals surface area contributed by atoms with Crippen molar-refractivity contribution < 1.29 is 32.3 Å². The van der Waals surface area contributed by atoms with Crippen LogP contribution in [-0.2, 0) is 16.1 Å². The first-order valence-electron chi connectivity index (χ1n) is 9.85. The summed E-state index contributed by atoms with van der Waals surface area (Å²) in [6.45, 7) is 0.0168. The minimum absolute atomic E-state index is 0.0168. The first-order chi connectivity index (χ1) is 15.1. The highest BCUT2D eigenvalue weighted by molar-refractivity contribution is 6.06. The van der Waals surface area contributed by atoms with Crippen molar-refractivity contribution in [3.05, 3.63) is 70.8 Å². The second kappa shape index (κ2) is 8.10. The average Bonchev–Trinajstić information content (AvgIpc) is 3.07. The molecule has 0 bridgehead atoms. The van der Waals surface area contributed by atoms with Gasteiger partial charge in [0, 0.05) is 24.1 Å². The minimum atomic E-state index is -4.70. The van der Waals surface area contributed by atoms with Crippen molar-refractivity contribution in [1.82, 2.24) is 15.5 Å². The topological polar surface area (TPSA) is 95.6 Å². The number of amides is 4. The molecule has 0 spiro atoms. The quantitative estimate of drug-likeness (QED) is 0.707. The Morgan fingerprint density at radius 2 is 1.81 bits per heavy atom. The molecule has 4 amide bonds. The summed E-state index contributed by atoms with van der Waals surface area (Å²) in [6, 6.07) is 8.01. The SMILES string of the molecule is O=C1CC[C@@H](N2Cc3cc(C(=O)N[C@H](c4ccccc4)C(F)(F)F)ccc3C2=O)C(=O)N1. The van der Waals surface area contributed by atoms with Crippen LogP contribution in [0.2, 0.25) is 0 Å². The van der Waals surface area contributed by atoms with Gasteiger partial charge in [-0.25, -0.2) is 0 Å². The van der Waals surface area contributed by atoms with Gasteiger partial charge < -0.3 is 10.2 Å². The van der Waals surface area contributed by atoms with E-state index in [4.69, 9.17) is 0 Å².